The molecular weight excluding hydrogens is 503 g/mol. The number of esters is 2. The Hall–Kier alpha value is -2.33. The highest BCUT2D eigenvalue weighted by Gasteiger charge is 2.52. The second-order valence-electron chi connectivity index (χ2n) is 9.57. The van der Waals surface area contributed by atoms with Crippen molar-refractivity contribution in [1.82, 2.24) is 0 Å². The lowest BCUT2D eigenvalue weighted by atomic mass is 9.87. The zero-order chi connectivity index (χ0) is 26.5. The number of aliphatic hydroxyl groups is 2. The molecule has 0 saturated heterocycles. The first-order valence-electron chi connectivity index (χ1n) is 10.9. The van der Waals surface area contributed by atoms with E-state index in [0.717, 1.165) is 0 Å². The van der Waals surface area contributed by atoms with Crippen molar-refractivity contribution in [2.75, 3.05) is 0 Å². The molecule has 0 aliphatic carbocycles. The summed E-state index contributed by atoms with van der Waals surface area (Å²) in [6.45, 7) is 8.43. The second-order valence-corrected chi connectivity index (χ2v) is 10.9. The first-order valence-corrected chi connectivity index (χ1v) is 11.8. The predicted octanol–water partition coefficient (Wildman–Crippen LogP) is 3.22. The molecule has 0 saturated carbocycles. The Bertz CT molecular complexity index is 1200. The minimum Gasteiger partial charge on any atom is -0.483 e. The number of hydrogen-bond acceptors (Lipinski definition) is 9. The van der Waals surface area contributed by atoms with Gasteiger partial charge < -0.3 is 28.8 Å². The van der Waals surface area contributed by atoms with Crippen LogP contribution in [0.1, 0.15) is 53.2 Å². The Labute approximate surface area is 211 Å². The molecular formula is C24H28Cl2O9. The average molecular weight is 531 g/mol. The van der Waals surface area contributed by atoms with Gasteiger partial charge >= 0.3 is 17.6 Å². The van der Waals surface area contributed by atoms with E-state index in [4.69, 9.17) is 41.8 Å². The van der Waals surface area contributed by atoms with Gasteiger partial charge in [-0.05, 0) is 53.7 Å². The van der Waals surface area contributed by atoms with E-state index in [9.17, 15) is 24.6 Å². The molecule has 11 heteroatoms. The number of ether oxygens (including phenoxy) is 3. The van der Waals surface area contributed by atoms with Gasteiger partial charge in [0.25, 0.3) is 0 Å². The molecule has 2 N–H and O–H groups in total. The van der Waals surface area contributed by atoms with Crippen LogP contribution in [0.3, 0.4) is 0 Å². The Morgan fingerprint density at radius 1 is 1.03 bits per heavy atom. The first-order chi connectivity index (χ1) is 16.0. The van der Waals surface area contributed by atoms with Crippen LogP contribution >= 0.6 is 23.2 Å². The van der Waals surface area contributed by atoms with Crippen molar-refractivity contribution < 1.29 is 38.4 Å². The molecule has 0 amide bonds. The monoisotopic (exact) mass is 530 g/mol. The van der Waals surface area contributed by atoms with Crippen molar-refractivity contribution in [3.05, 3.63) is 40.2 Å². The zero-order valence-corrected chi connectivity index (χ0v) is 21.6. The van der Waals surface area contributed by atoms with Crippen molar-refractivity contribution in [1.29, 1.82) is 0 Å². The van der Waals surface area contributed by atoms with E-state index in [0.29, 0.717) is 5.39 Å². The Morgan fingerprint density at radius 2 is 1.57 bits per heavy atom. The minimum absolute atomic E-state index is 0.206. The standard InChI is InChI=1S/C24H28Cl2O9/c1-11(25)23(5,30)20(28)33-18-14-9-13-7-8-17(27)32-15(13)10-16(14)35-22(3,4)19(18)34-21(29)24(6,31)12(2)26/h7-12,18-19,30-31H,1-6H3/t11-,12+,18+,19+,23-,24-/m0/s1. The molecule has 0 spiro atoms. The third-order valence-corrected chi connectivity index (χ3v) is 7.08. The van der Waals surface area contributed by atoms with Gasteiger partial charge in [0.15, 0.2) is 23.4 Å². The van der Waals surface area contributed by atoms with Crippen LogP contribution in [0.4, 0.5) is 0 Å². The van der Waals surface area contributed by atoms with Gasteiger partial charge in [-0.15, -0.1) is 23.2 Å². The molecule has 1 aromatic heterocycles. The summed E-state index contributed by atoms with van der Waals surface area (Å²) in [4.78, 5) is 37.5. The smallest absolute Gasteiger partial charge is 0.340 e. The number of carbonyl (C=O) groups excluding carboxylic acids is 2. The fourth-order valence-electron chi connectivity index (χ4n) is 3.42. The van der Waals surface area contributed by atoms with Gasteiger partial charge in [0.2, 0.25) is 0 Å². The predicted molar refractivity (Wildman–Crippen MR) is 128 cm³/mol. The zero-order valence-electron chi connectivity index (χ0n) is 20.1. The molecule has 1 aromatic carbocycles. The highest BCUT2D eigenvalue weighted by atomic mass is 35.5. The van der Waals surface area contributed by atoms with Crippen LogP contribution in [0.15, 0.2) is 33.5 Å². The van der Waals surface area contributed by atoms with Crippen LogP contribution in [-0.4, -0.2) is 55.8 Å². The third kappa shape index (κ3) is 5.14. The molecule has 0 radical (unpaired) electrons. The molecule has 1 aliphatic heterocycles. The largest absolute Gasteiger partial charge is 0.483 e. The van der Waals surface area contributed by atoms with E-state index in [1.807, 2.05) is 0 Å². The van der Waals surface area contributed by atoms with Gasteiger partial charge in [-0.25, -0.2) is 14.4 Å². The SMILES string of the molecule is C[C@H](Cl)[C@](C)(O)C(=O)O[C@@H]1c2cc3ccc(=O)oc3cc2OC(C)(C)[C@@H]1OC(=O)[C@@](C)(O)[C@@H](C)Cl. The summed E-state index contributed by atoms with van der Waals surface area (Å²) >= 11 is 12.0. The lowest BCUT2D eigenvalue weighted by Gasteiger charge is -2.44. The molecule has 9 nitrogen and oxygen atoms in total. The van der Waals surface area contributed by atoms with Crippen LogP contribution in [0.5, 0.6) is 5.75 Å². The normalized spacial score (nSPS) is 24.2. The maximum atomic E-state index is 13.0. The molecule has 3 rings (SSSR count). The van der Waals surface area contributed by atoms with Crippen LogP contribution in [-0.2, 0) is 19.1 Å². The quantitative estimate of drug-likeness (QED) is 0.328. The Balaban J connectivity index is 2.16. The minimum atomic E-state index is -2.07. The van der Waals surface area contributed by atoms with E-state index >= 15 is 0 Å². The van der Waals surface area contributed by atoms with Crippen molar-refractivity contribution in [3.8, 4) is 5.75 Å². The van der Waals surface area contributed by atoms with E-state index in [-0.39, 0.29) is 16.9 Å². The molecule has 1 aliphatic rings. The van der Waals surface area contributed by atoms with Gasteiger partial charge in [0.1, 0.15) is 16.9 Å². The maximum Gasteiger partial charge on any atom is 0.340 e. The number of hydrogen-bond donors (Lipinski definition) is 2. The number of alkyl halides is 2. The lowest BCUT2D eigenvalue weighted by molar-refractivity contribution is -0.208. The maximum absolute atomic E-state index is 13.0. The molecule has 35 heavy (non-hydrogen) atoms. The van der Waals surface area contributed by atoms with E-state index in [1.54, 1.807) is 19.9 Å². The molecule has 0 bridgehead atoms. The van der Waals surface area contributed by atoms with Gasteiger partial charge in [-0.3, -0.25) is 0 Å². The van der Waals surface area contributed by atoms with Crippen LogP contribution in [0.25, 0.3) is 11.0 Å². The lowest BCUT2D eigenvalue weighted by Crippen LogP contribution is -2.56. The molecule has 0 unspecified atom stereocenters. The van der Waals surface area contributed by atoms with Gasteiger partial charge in [-0.2, -0.15) is 0 Å². The second kappa shape index (κ2) is 9.28. The summed E-state index contributed by atoms with van der Waals surface area (Å²) < 4.78 is 22.6. The number of benzene rings is 1. The topological polar surface area (TPSA) is 132 Å². The number of fused-ring (bicyclic) bond motifs is 2. The summed E-state index contributed by atoms with van der Waals surface area (Å²) in [7, 11) is 0. The van der Waals surface area contributed by atoms with Crippen LogP contribution < -0.4 is 10.4 Å². The number of halogens is 2. The fourth-order valence-corrected chi connectivity index (χ4v) is 3.60. The van der Waals surface area contributed by atoms with Gasteiger partial charge in [0, 0.05) is 23.1 Å². The van der Waals surface area contributed by atoms with Gasteiger partial charge in [-0.1, -0.05) is 0 Å². The Kier molecular flexibility index (Phi) is 7.23. The van der Waals surface area contributed by atoms with Crippen molar-refractivity contribution in [2.24, 2.45) is 0 Å². The molecule has 192 valence electrons. The molecule has 6 atom stereocenters. The van der Waals surface area contributed by atoms with E-state index < -0.39 is 57.3 Å². The van der Waals surface area contributed by atoms with Crippen molar-refractivity contribution in [3.63, 3.8) is 0 Å². The fraction of sp³-hybridized carbons (Fsp3) is 0.542. The summed E-state index contributed by atoms with van der Waals surface area (Å²) in [5.41, 5.74) is -5.48. The Morgan fingerprint density at radius 3 is 2.11 bits per heavy atom. The van der Waals surface area contributed by atoms with E-state index in [2.05, 4.69) is 0 Å². The highest BCUT2D eigenvalue weighted by molar-refractivity contribution is 6.23. The third-order valence-electron chi connectivity index (χ3n) is 6.24. The summed E-state index contributed by atoms with van der Waals surface area (Å²) in [5, 5.41) is 19.6. The summed E-state index contributed by atoms with van der Waals surface area (Å²) in [6.07, 6.45) is -2.56. The van der Waals surface area contributed by atoms with Crippen molar-refractivity contribution in [2.45, 2.75) is 81.3 Å². The summed E-state index contributed by atoms with van der Waals surface area (Å²) in [6, 6.07) is 5.76. The molecule has 0 fully saturated rings. The number of rotatable bonds is 6. The molecule has 2 heterocycles. The van der Waals surface area contributed by atoms with Crippen molar-refractivity contribution >= 4 is 46.1 Å². The summed E-state index contributed by atoms with van der Waals surface area (Å²) in [5.74, 6) is -1.92. The average Bonchev–Trinajstić information content (AvgIpc) is 2.73. The van der Waals surface area contributed by atoms with Crippen LogP contribution in [0, 0.1) is 0 Å². The highest BCUT2D eigenvalue weighted by Crippen LogP contribution is 2.46. The number of carbonyl (C=O) groups is 2. The van der Waals surface area contributed by atoms with Crippen LogP contribution in [0.2, 0.25) is 0 Å². The molecule has 2 aromatic rings. The van der Waals surface area contributed by atoms with Gasteiger partial charge in [0.05, 0.1) is 10.8 Å². The van der Waals surface area contributed by atoms with E-state index in [1.165, 1.54) is 45.9 Å². The first kappa shape index (κ1) is 27.3.